The van der Waals surface area contributed by atoms with E-state index >= 15 is 0 Å². The van der Waals surface area contributed by atoms with Crippen LogP contribution in [0.1, 0.15) is 20.7 Å². The summed E-state index contributed by atoms with van der Waals surface area (Å²) in [6.07, 6.45) is 0. The highest BCUT2D eigenvalue weighted by Crippen LogP contribution is 2.33. The number of ether oxygens (including phenoxy) is 1. The van der Waals surface area contributed by atoms with E-state index in [0.717, 1.165) is 0 Å². The fourth-order valence-corrected chi connectivity index (χ4v) is 2.47. The van der Waals surface area contributed by atoms with Crippen molar-refractivity contribution in [3.63, 3.8) is 0 Å². The number of carbonyl (C=O) groups is 3. The first kappa shape index (κ1) is 13.4. The molecule has 0 saturated heterocycles. The number of esters is 1. The van der Waals surface area contributed by atoms with Crippen molar-refractivity contribution in [2.24, 2.45) is 0 Å². The van der Waals surface area contributed by atoms with E-state index in [1.54, 1.807) is 24.3 Å². The second-order valence-electron chi connectivity index (χ2n) is 3.86. The van der Waals surface area contributed by atoms with Gasteiger partial charge in [0.2, 0.25) is 5.78 Å². The van der Waals surface area contributed by atoms with Crippen molar-refractivity contribution in [2.45, 2.75) is 0 Å². The number of hydrogen-bond acceptors (Lipinski definition) is 4. The van der Waals surface area contributed by atoms with E-state index in [-0.39, 0.29) is 27.0 Å². The maximum Gasteiger partial charge on any atom is 0.338 e. The van der Waals surface area contributed by atoms with E-state index in [9.17, 15) is 14.4 Å². The summed E-state index contributed by atoms with van der Waals surface area (Å²) >= 11 is 3.07. The topological polar surface area (TPSA) is 60.4 Å². The molecule has 0 aromatic heterocycles. The molecular weight excluding hydrogens is 312 g/mol. The Kier molecular flexibility index (Phi) is 3.48. The molecule has 0 unspecified atom stereocenters. The molecule has 96 valence electrons. The summed E-state index contributed by atoms with van der Waals surface area (Å²) in [5, 5.41) is 0. The smallest absolute Gasteiger partial charge is 0.338 e. The van der Waals surface area contributed by atoms with Crippen LogP contribution in [0, 0.1) is 0 Å². The van der Waals surface area contributed by atoms with Crippen LogP contribution >= 0.6 is 15.9 Å². The molecule has 4 nitrogen and oxygen atoms in total. The van der Waals surface area contributed by atoms with Gasteiger partial charge in [0.15, 0.2) is 5.78 Å². The highest BCUT2D eigenvalue weighted by molar-refractivity contribution is 9.12. The van der Waals surface area contributed by atoms with Crippen LogP contribution in [0.2, 0.25) is 0 Å². The molecule has 1 aromatic rings. The first-order valence-corrected chi connectivity index (χ1v) is 6.14. The number of allylic oxidation sites excluding steroid dienone is 1. The average molecular weight is 321 g/mol. The largest absolute Gasteiger partial charge is 0.465 e. The van der Waals surface area contributed by atoms with Crippen molar-refractivity contribution in [1.29, 1.82) is 0 Å². The Morgan fingerprint density at radius 1 is 1.16 bits per heavy atom. The van der Waals surface area contributed by atoms with Crippen LogP contribution in [0.15, 0.2) is 46.5 Å². The van der Waals surface area contributed by atoms with Crippen molar-refractivity contribution < 1.29 is 19.1 Å². The fraction of sp³-hybridized carbons (Fsp3) is 0.0714. The lowest BCUT2D eigenvalue weighted by Gasteiger charge is -2.18. The highest BCUT2D eigenvalue weighted by Gasteiger charge is 2.34. The summed E-state index contributed by atoms with van der Waals surface area (Å²) < 4.78 is 4.56. The number of hydrogen-bond donors (Lipinski definition) is 0. The van der Waals surface area contributed by atoms with Crippen LogP contribution in [-0.2, 0) is 9.53 Å². The molecule has 0 amide bonds. The number of ketones is 2. The van der Waals surface area contributed by atoms with E-state index in [1.165, 1.54) is 7.11 Å². The molecular formula is C14H9BrO4. The minimum absolute atomic E-state index is 0.0339. The third-order valence-electron chi connectivity index (χ3n) is 2.80. The molecule has 5 heteroatoms. The van der Waals surface area contributed by atoms with Gasteiger partial charge in [-0.15, -0.1) is 0 Å². The average Bonchev–Trinajstić information content (AvgIpc) is 2.44. The molecule has 19 heavy (non-hydrogen) atoms. The highest BCUT2D eigenvalue weighted by atomic mass is 79.9. The number of Topliss-reactive ketones (excluding diaryl/α,β-unsaturated/α-hetero) is 2. The lowest BCUT2D eigenvalue weighted by Crippen LogP contribution is -2.23. The number of halogens is 1. The molecule has 1 aliphatic rings. The lowest BCUT2D eigenvalue weighted by atomic mass is 9.86. The lowest BCUT2D eigenvalue weighted by molar-refractivity contribution is -0.135. The van der Waals surface area contributed by atoms with E-state index in [2.05, 4.69) is 27.2 Å². The molecule has 0 saturated carbocycles. The minimum atomic E-state index is -0.743. The normalized spacial score (nSPS) is 14.2. The predicted octanol–water partition coefficient (Wildman–Crippen LogP) is 2.44. The first-order chi connectivity index (χ1) is 8.99. The fourth-order valence-electron chi connectivity index (χ4n) is 1.84. The number of fused-ring (bicyclic) bond motifs is 1. The van der Waals surface area contributed by atoms with Crippen LogP contribution in [0.3, 0.4) is 0 Å². The molecule has 0 spiro atoms. The van der Waals surface area contributed by atoms with Gasteiger partial charge in [-0.1, -0.05) is 30.8 Å². The van der Waals surface area contributed by atoms with Crippen molar-refractivity contribution in [1.82, 2.24) is 0 Å². The zero-order chi connectivity index (χ0) is 14.2. The van der Waals surface area contributed by atoms with Gasteiger partial charge in [-0.3, -0.25) is 9.59 Å². The summed E-state index contributed by atoms with van der Waals surface area (Å²) in [5.41, 5.74) is 0.384. The van der Waals surface area contributed by atoms with Crippen molar-refractivity contribution >= 4 is 33.5 Å². The number of carbonyl (C=O) groups excluding carboxylic acids is 3. The Morgan fingerprint density at radius 2 is 1.68 bits per heavy atom. The van der Waals surface area contributed by atoms with E-state index in [1.807, 2.05) is 0 Å². The van der Waals surface area contributed by atoms with Crippen LogP contribution in [-0.4, -0.2) is 24.6 Å². The van der Waals surface area contributed by atoms with Crippen molar-refractivity contribution in [3.05, 3.63) is 57.6 Å². The summed E-state index contributed by atoms with van der Waals surface area (Å²) in [6, 6.07) is 6.43. The summed E-state index contributed by atoms with van der Waals surface area (Å²) in [7, 11) is 1.19. The number of methoxy groups -OCH3 is 1. The van der Waals surface area contributed by atoms with Crippen molar-refractivity contribution in [3.8, 4) is 0 Å². The van der Waals surface area contributed by atoms with Crippen LogP contribution < -0.4 is 0 Å². The molecule has 2 rings (SSSR count). The molecule has 1 aromatic carbocycles. The quantitative estimate of drug-likeness (QED) is 0.620. The van der Waals surface area contributed by atoms with E-state index < -0.39 is 11.8 Å². The van der Waals surface area contributed by atoms with Crippen molar-refractivity contribution in [2.75, 3.05) is 7.11 Å². The van der Waals surface area contributed by atoms with E-state index in [4.69, 9.17) is 0 Å². The molecule has 0 radical (unpaired) electrons. The predicted molar refractivity (Wildman–Crippen MR) is 72.2 cm³/mol. The number of rotatable bonds is 2. The summed E-state index contributed by atoms with van der Waals surface area (Å²) in [6.45, 7) is 3.52. The first-order valence-electron chi connectivity index (χ1n) is 5.34. The Balaban J connectivity index is 2.61. The molecule has 0 N–H and O–H groups in total. The van der Waals surface area contributed by atoms with Gasteiger partial charge in [0, 0.05) is 11.1 Å². The van der Waals surface area contributed by atoms with Gasteiger partial charge in [-0.25, -0.2) is 4.79 Å². The van der Waals surface area contributed by atoms with Crippen LogP contribution in [0.25, 0.3) is 0 Å². The zero-order valence-electron chi connectivity index (χ0n) is 10.0. The second-order valence-corrected chi connectivity index (χ2v) is 4.66. The standard InChI is InChI=1S/C14H9BrO4/c1-7(14(18)19-2)10-11(15)13(17)9-6-4-3-5-8(9)12(10)16/h3-6H,1H2,2H3. The third kappa shape index (κ3) is 2.06. The van der Waals surface area contributed by atoms with Crippen LogP contribution in [0.5, 0.6) is 0 Å². The second kappa shape index (κ2) is 4.93. The maximum atomic E-state index is 12.3. The number of benzene rings is 1. The van der Waals surface area contributed by atoms with Gasteiger partial charge in [0.05, 0.1) is 22.7 Å². The molecule has 0 fully saturated rings. The zero-order valence-corrected chi connectivity index (χ0v) is 11.6. The Hall–Kier alpha value is -2.01. The SMILES string of the molecule is C=C(C(=O)OC)C1=C(Br)C(=O)c2ccccc2C1=O. The van der Waals surface area contributed by atoms with Gasteiger partial charge in [0.25, 0.3) is 0 Å². The molecule has 1 aliphatic carbocycles. The Labute approximate surface area is 117 Å². The third-order valence-corrected chi connectivity index (χ3v) is 3.55. The molecule has 0 heterocycles. The van der Waals surface area contributed by atoms with Gasteiger partial charge in [-0.2, -0.15) is 0 Å². The maximum absolute atomic E-state index is 12.3. The molecule has 0 aliphatic heterocycles. The summed E-state index contributed by atoms with van der Waals surface area (Å²) in [5.74, 6) is -1.51. The van der Waals surface area contributed by atoms with Crippen LogP contribution in [0.4, 0.5) is 0 Å². The monoisotopic (exact) mass is 320 g/mol. The molecule has 0 atom stereocenters. The minimum Gasteiger partial charge on any atom is -0.465 e. The van der Waals surface area contributed by atoms with Gasteiger partial charge < -0.3 is 4.74 Å². The molecule has 0 bridgehead atoms. The van der Waals surface area contributed by atoms with Gasteiger partial charge in [0.1, 0.15) is 0 Å². The summed E-state index contributed by atoms with van der Waals surface area (Å²) in [4.78, 5) is 35.9. The van der Waals surface area contributed by atoms with Gasteiger partial charge >= 0.3 is 5.97 Å². The van der Waals surface area contributed by atoms with E-state index in [0.29, 0.717) is 5.56 Å². The Morgan fingerprint density at radius 3 is 2.21 bits per heavy atom. The van der Waals surface area contributed by atoms with Gasteiger partial charge in [-0.05, 0) is 15.9 Å². The Bertz CT molecular complexity index is 655.